The van der Waals surface area contributed by atoms with E-state index < -0.39 is 0 Å². The smallest absolute Gasteiger partial charge is 0.156 e. The van der Waals surface area contributed by atoms with Crippen molar-refractivity contribution in [2.45, 2.75) is 13.5 Å². The number of fused-ring (bicyclic) bond motifs is 1. The molecule has 0 aliphatic rings. The molecule has 0 spiro atoms. The van der Waals surface area contributed by atoms with Crippen LogP contribution in [0.4, 0.5) is 5.82 Å². The summed E-state index contributed by atoms with van der Waals surface area (Å²) in [5.74, 6) is 0.770. The molecular formula is C14H13N5. The van der Waals surface area contributed by atoms with E-state index in [1.165, 1.54) is 0 Å². The van der Waals surface area contributed by atoms with Crippen molar-refractivity contribution in [3.05, 3.63) is 54.0 Å². The average molecular weight is 251 g/mol. The molecule has 0 fully saturated rings. The van der Waals surface area contributed by atoms with Crippen molar-refractivity contribution < 1.29 is 0 Å². The maximum absolute atomic E-state index is 4.21. The minimum absolute atomic E-state index is 0.579. The first-order chi connectivity index (χ1) is 9.34. The molecule has 0 radical (unpaired) electrons. The lowest BCUT2D eigenvalue weighted by Gasteiger charge is -2.08. The lowest BCUT2D eigenvalue weighted by Crippen LogP contribution is -2.05. The quantitative estimate of drug-likeness (QED) is 0.774. The van der Waals surface area contributed by atoms with Crippen LogP contribution in [0.25, 0.3) is 10.8 Å². The molecule has 0 bridgehead atoms. The van der Waals surface area contributed by atoms with Gasteiger partial charge in [-0.1, -0.05) is 24.3 Å². The highest BCUT2D eigenvalue weighted by molar-refractivity contribution is 5.92. The van der Waals surface area contributed by atoms with Gasteiger partial charge < -0.3 is 5.32 Å². The van der Waals surface area contributed by atoms with Crippen LogP contribution in [0.3, 0.4) is 0 Å². The lowest BCUT2D eigenvalue weighted by molar-refractivity contribution is 0.911. The number of nitrogens with zero attached hydrogens (tertiary/aromatic N) is 4. The molecular weight excluding hydrogens is 238 g/mol. The molecule has 3 aromatic rings. The van der Waals surface area contributed by atoms with Crippen molar-refractivity contribution in [1.29, 1.82) is 0 Å². The summed E-state index contributed by atoms with van der Waals surface area (Å²) in [5.41, 5.74) is 1.80. The molecule has 0 saturated carbocycles. The number of benzene rings is 1. The van der Waals surface area contributed by atoms with E-state index in [0.29, 0.717) is 6.54 Å². The second-order valence-electron chi connectivity index (χ2n) is 4.25. The van der Waals surface area contributed by atoms with Gasteiger partial charge in [-0.2, -0.15) is 15.3 Å². The van der Waals surface area contributed by atoms with Gasteiger partial charge in [0, 0.05) is 17.0 Å². The summed E-state index contributed by atoms with van der Waals surface area (Å²) < 4.78 is 0. The maximum Gasteiger partial charge on any atom is 0.156 e. The number of aryl methyl sites for hydroxylation is 1. The third kappa shape index (κ3) is 2.35. The highest BCUT2D eigenvalue weighted by Gasteiger charge is 2.05. The minimum Gasteiger partial charge on any atom is -0.362 e. The Bertz CT molecular complexity index is 697. The van der Waals surface area contributed by atoms with Crippen LogP contribution in [0.5, 0.6) is 0 Å². The first-order valence-electron chi connectivity index (χ1n) is 6.07. The van der Waals surface area contributed by atoms with Gasteiger partial charge >= 0.3 is 0 Å². The number of hydrogen-bond acceptors (Lipinski definition) is 5. The summed E-state index contributed by atoms with van der Waals surface area (Å²) in [6.07, 6.45) is 1.66. The number of anilines is 1. The molecule has 0 aliphatic heterocycles. The van der Waals surface area contributed by atoms with Gasteiger partial charge in [-0.25, -0.2) is 0 Å². The predicted molar refractivity (Wildman–Crippen MR) is 73.6 cm³/mol. The van der Waals surface area contributed by atoms with E-state index >= 15 is 0 Å². The van der Waals surface area contributed by atoms with Crippen LogP contribution in [-0.4, -0.2) is 20.4 Å². The van der Waals surface area contributed by atoms with Crippen molar-refractivity contribution in [2.75, 3.05) is 5.32 Å². The van der Waals surface area contributed by atoms with Crippen molar-refractivity contribution in [2.24, 2.45) is 0 Å². The van der Waals surface area contributed by atoms with E-state index in [0.717, 1.165) is 28.0 Å². The van der Waals surface area contributed by atoms with Crippen LogP contribution >= 0.6 is 0 Å². The van der Waals surface area contributed by atoms with E-state index in [1.54, 1.807) is 6.20 Å². The fourth-order valence-electron chi connectivity index (χ4n) is 1.97. The first-order valence-corrected chi connectivity index (χ1v) is 6.07. The summed E-state index contributed by atoms with van der Waals surface area (Å²) in [4.78, 5) is 0. The Morgan fingerprint density at radius 3 is 2.58 bits per heavy atom. The standard InChI is InChI=1S/C14H13N5/c1-10-12-6-2-3-7-13(12)14(19-17-10)15-9-11-5-4-8-16-18-11/h2-8H,9H2,1H3,(H,15,19). The van der Waals surface area contributed by atoms with E-state index in [4.69, 9.17) is 0 Å². The Morgan fingerprint density at radius 2 is 1.79 bits per heavy atom. The Hall–Kier alpha value is -2.56. The average Bonchev–Trinajstić information content (AvgIpc) is 2.48. The molecule has 94 valence electrons. The highest BCUT2D eigenvalue weighted by atomic mass is 15.2. The summed E-state index contributed by atoms with van der Waals surface area (Å²) in [6.45, 7) is 2.54. The van der Waals surface area contributed by atoms with E-state index in [9.17, 15) is 0 Å². The predicted octanol–water partition coefficient (Wildman–Crippen LogP) is 2.34. The third-order valence-electron chi connectivity index (χ3n) is 2.94. The third-order valence-corrected chi connectivity index (χ3v) is 2.94. The zero-order valence-corrected chi connectivity index (χ0v) is 10.5. The highest BCUT2D eigenvalue weighted by Crippen LogP contribution is 2.22. The summed E-state index contributed by atoms with van der Waals surface area (Å²) in [5, 5.41) is 21.7. The van der Waals surface area contributed by atoms with Crippen LogP contribution in [0.1, 0.15) is 11.4 Å². The fourth-order valence-corrected chi connectivity index (χ4v) is 1.97. The normalized spacial score (nSPS) is 10.6. The molecule has 0 amide bonds. The summed E-state index contributed by atoms with van der Waals surface area (Å²) in [6, 6.07) is 11.9. The molecule has 0 aliphatic carbocycles. The van der Waals surface area contributed by atoms with Crippen LogP contribution in [0, 0.1) is 6.92 Å². The fraction of sp³-hybridized carbons (Fsp3) is 0.143. The van der Waals surface area contributed by atoms with Gasteiger partial charge in [-0.3, -0.25) is 0 Å². The molecule has 2 aromatic heterocycles. The molecule has 3 rings (SSSR count). The first kappa shape index (κ1) is 11.5. The summed E-state index contributed by atoms with van der Waals surface area (Å²) in [7, 11) is 0. The SMILES string of the molecule is Cc1nnc(NCc2cccnn2)c2ccccc12. The second-order valence-corrected chi connectivity index (χ2v) is 4.25. The Labute approximate surface area is 110 Å². The van der Waals surface area contributed by atoms with Gasteiger partial charge in [0.05, 0.1) is 17.9 Å². The molecule has 2 heterocycles. The molecule has 1 aromatic carbocycles. The molecule has 5 heteroatoms. The molecule has 0 saturated heterocycles. The number of rotatable bonds is 3. The van der Waals surface area contributed by atoms with E-state index in [2.05, 4.69) is 25.7 Å². The number of nitrogens with one attached hydrogen (secondary N) is 1. The Balaban J connectivity index is 1.91. The molecule has 0 atom stereocenters. The molecule has 19 heavy (non-hydrogen) atoms. The maximum atomic E-state index is 4.21. The van der Waals surface area contributed by atoms with E-state index in [1.807, 2.05) is 43.3 Å². The van der Waals surface area contributed by atoms with Gasteiger partial charge in [0.25, 0.3) is 0 Å². The minimum atomic E-state index is 0.579. The zero-order valence-electron chi connectivity index (χ0n) is 10.5. The molecule has 0 unspecified atom stereocenters. The van der Waals surface area contributed by atoms with Crippen molar-refractivity contribution in [3.63, 3.8) is 0 Å². The van der Waals surface area contributed by atoms with Crippen molar-refractivity contribution in [3.8, 4) is 0 Å². The van der Waals surface area contributed by atoms with E-state index in [-0.39, 0.29) is 0 Å². The number of hydrogen-bond donors (Lipinski definition) is 1. The summed E-state index contributed by atoms with van der Waals surface area (Å²) >= 11 is 0. The van der Waals surface area contributed by atoms with Gasteiger partial charge in [0.15, 0.2) is 5.82 Å². The molecule has 1 N–H and O–H groups in total. The van der Waals surface area contributed by atoms with Gasteiger partial charge in [0.1, 0.15) is 0 Å². The van der Waals surface area contributed by atoms with Gasteiger partial charge in [-0.05, 0) is 19.1 Å². The van der Waals surface area contributed by atoms with Crippen LogP contribution in [0.15, 0.2) is 42.6 Å². The van der Waals surface area contributed by atoms with Crippen molar-refractivity contribution in [1.82, 2.24) is 20.4 Å². The Kier molecular flexibility index (Phi) is 3.02. The largest absolute Gasteiger partial charge is 0.362 e. The molecule has 5 nitrogen and oxygen atoms in total. The van der Waals surface area contributed by atoms with Crippen molar-refractivity contribution >= 4 is 16.6 Å². The van der Waals surface area contributed by atoms with Gasteiger partial charge in [-0.15, -0.1) is 5.10 Å². The lowest BCUT2D eigenvalue weighted by atomic mass is 10.1. The van der Waals surface area contributed by atoms with Crippen LogP contribution < -0.4 is 5.32 Å². The zero-order chi connectivity index (χ0) is 13.1. The Morgan fingerprint density at radius 1 is 0.947 bits per heavy atom. The second kappa shape index (κ2) is 4.97. The number of aromatic nitrogens is 4. The monoisotopic (exact) mass is 251 g/mol. The topological polar surface area (TPSA) is 63.6 Å². The van der Waals surface area contributed by atoms with Crippen LogP contribution in [-0.2, 0) is 6.54 Å². The van der Waals surface area contributed by atoms with Crippen LogP contribution in [0.2, 0.25) is 0 Å². The van der Waals surface area contributed by atoms with Gasteiger partial charge in [0.2, 0.25) is 0 Å².